The first-order valence-electron chi connectivity index (χ1n) is 9.98. The summed E-state index contributed by atoms with van der Waals surface area (Å²) in [4.78, 5) is 21.3. The molecule has 0 fully saturated rings. The van der Waals surface area contributed by atoms with Gasteiger partial charge in [-0.25, -0.2) is 27.5 Å². The molecule has 0 aliphatic heterocycles. The van der Waals surface area contributed by atoms with Crippen molar-refractivity contribution in [3.63, 3.8) is 0 Å². The van der Waals surface area contributed by atoms with Crippen LogP contribution in [0.3, 0.4) is 0 Å². The SMILES string of the molecule is CC(C)C(C(=O)OCc1c(F)c(F)c(C/C=C\Cl)c(F)c1F)c1cnc(C(C)(C)C)nc1. The summed E-state index contributed by atoms with van der Waals surface area (Å²) in [5.74, 6) is -7.69. The van der Waals surface area contributed by atoms with Crippen molar-refractivity contribution in [2.24, 2.45) is 5.92 Å². The minimum absolute atomic E-state index is 0.264. The average molecular weight is 473 g/mol. The number of benzene rings is 1. The van der Waals surface area contributed by atoms with Crippen molar-refractivity contribution in [1.29, 1.82) is 0 Å². The van der Waals surface area contributed by atoms with E-state index in [4.69, 9.17) is 16.3 Å². The van der Waals surface area contributed by atoms with Gasteiger partial charge in [0.15, 0.2) is 23.3 Å². The van der Waals surface area contributed by atoms with Crippen LogP contribution < -0.4 is 0 Å². The molecule has 174 valence electrons. The van der Waals surface area contributed by atoms with Gasteiger partial charge in [0.05, 0.1) is 11.5 Å². The predicted octanol–water partition coefficient (Wildman–Crippen LogP) is 6.11. The Morgan fingerprint density at radius 3 is 1.97 bits per heavy atom. The number of allylic oxidation sites excluding steroid dienone is 1. The summed E-state index contributed by atoms with van der Waals surface area (Å²) in [6.07, 6.45) is 3.70. The molecule has 1 aromatic carbocycles. The summed E-state index contributed by atoms with van der Waals surface area (Å²) >= 11 is 5.31. The number of nitrogens with zero attached hydrogens (tertiary/aromatic N) is 2. The largest absolute Gasteiger partial charge is 0.460 e. The van der Waals surface area contributed by atoms with Crippen LogP contribution in [0.2, 0.25) is 0 Å². The number of hydrogen-bond acceptors (Lipinski definition) is 4. The number of hydrogen-bond donors (Lipinski definition) is 0. The smallest absolute Gasteiger partial charge is 0.314 e. The highest BCUT2D eigenvalue weighted by atomic mass is 35.5. The fourth-order valence-corrected chi connectivity index (χ4v) is 3.19. The lowest BCUT2D eigenvalue weighted by molar-refractivity contribution is -0.148. The maximum absolute atomic E-state index is 14.4. The van der Waals surface area contributed by atoms with Crippen molar-refractivity contribution in [3.8, 4) is 0 Å². The molecule has 0 saturated heterocycles. The van der Waals surface area contributed by atoms with Crippen LogP contribution in [0.4, 0.5) is 17.6 Å². The van der Waals surface area contributed by atoms with E-state index in [1.165, 1.54) is 12.4 Å². The molecule has 0 bridgehead atoms. The third-order valence-electron chi connectivity index (χ3n) is 4.84. The van der Waals surface area contributed by atoms with Crippen LogP contribution in [0.5, 0.6) is 0 Å². The number of halogens is 5. The second kappa shape index (κ2) is 10.4. The lowest BCUT2D eigenvalue weighted by atomic mass is 9.89. The van der Waals surface area contributed by atoms with E-state index < -0.39 is 59.3 Å². The van der Waals surface area contributed by atoms with E-state index >= 15 is 0 Å². The van der Waals surface area contributed by atoms with Crippen molar-refractivity contribution in [2.45, 2.75) is 59.0 Å². The van der Waals surface area contributed by atoms with Gasteiger partial charge < -0.3 is 4.74 Å². The van der Waals surface area contributed by atoms with Gasteiger partial charge in [-0.1, -0.05) is 52.3 Å². The minimum Gasteiger partial charge on any atom is -0.460 e. The minimum atomic E-state index is -1.62. The van der Waals surface area contributed by atoms with E-state index in [2.05, 4.69) is 9.97 Å². The Morgan fingerprint density at radius 1 is 1.03 bits per heavy atom. The van der Waals surface area contributed by atoms with E-state index in [1.54, 1.807) is 13.8 Å². The molecule has 2 rings (SSSR count). The first-order valence-corrected chi connectivity index (χ1v) is 10.4. The van der Waals surface area contributed by atoms with Gasteiger partial charge in [0.1, 0.15) is 12.4 Å². The Hall–Kier alpha value is -2.48. The van der Waals surface area contributed by atoms with Crippen molar-refractivity contribution in [2.75, 3.05) is 0 Å². The molecule has 2 aromatic rings. The van der Waals surface area contributed by atoms with Gasteiger partial charge in [-0.3, -0.25) is 4.79 Å². The molecule has 0 N–H and O–H groups in total. The summed E-state index contributed by atoms with van der Waals surface area (Å²) < 4.78 is 62.2. The van der Waals surface area contributed by atoms with Gasteiger partial charge in [0, 0.05) is 34.5 Å². The number of carbonyl (C=O) groups excluding carboxylic acids is 1. The summed E-state index contributed by atoms with van der Waals surface area (Å²) in [6.45, 7) is 8.35. The summed E-state index contributed by atoms with van der Waals surface area (Å²) in [5.41, 5.74) is -0.661. The van der Waals surface area contributed by atoms with Gasteiger partial charge in [0.25, 0.3) is 0 Å². The highest BCUT2D eigenvalue weighted by Gasteiger charge is 2.30. The number of esters is 1. The Bertz CT molecular complexity index is 974. The third kappa shape index (κ3) is 5.65. The molecule has 0 radical (unpaired) electrons. The molecule has 0 spiro atoms. The molecule has 0 aliphatic carbocycles. The molecule has 0 saturated carbocycles. The van der Waals surface area contributed by atoms with Crippen LogP contribution in [-0.2, 0) is 28.0 Å². The standard InChI is InChI=1S/C23H25ClF4N2O2/c1-12(2)16(13-9-29-22(30-10-13)23(3,4)5)21(31)32-11-15-19(27)17(25)14(7-6-8-24)18(26)20(15)28/h6,8-10,12,16H,7,11H2,1-5H3/b8-6-. The number of carbonyl (C=O) groups is 1. The van der Waals surface area contributed by atoms with Gasteiger partial charge in [-0.05, 0) is 12.3 Å². The number of rotatable bonds is 7. The first-order chi connectivity index (χ1) is 14.9. The molecular weight excluding hydrogens is 448 g/mol. The van der Waals surface area contributed by atoms with Gasteiger partial charge in [-0.2, -0.15) is 0 Å². The Kier molecular flexibility index (Phi) is 8.40. The third-order valence-corrected chi connectivity index (χ3v) is 5.02. The van der Waals surface area contributed by atoms with E-state index in [-0.39, 0.29) is 11.3 Å². The predicted molar refractivity (Wildman–Crippen MR) is 113 cm³/mol. The summed E-state index contributed by atoms with van der Waals surface area (Å²) in [5, 5.41) is 0. The molecule has 0 aliphatic rings. The zero-order chi connectivity index (χ0) is 24.2. The maximum Gasteiger partial charge on any atom is 0.314 e. The highest BCUT2D eigenvalue weighted by Crippen LogP contribution is 2.29. The summed E-state index contributed by atoms with van der Waals surface area (Å²) in [7, 11) is 0. The normalized spacial score (nSPS) is 13.1. The van der Waals surface area contributed by atoms with Crippen LogP contribution in [0.25, 0.3) is 0 Å². The quantitative estimate of drug-likeness (QED) is 0.277. The Balaban J connectivity index is 2.28. The van der Waals surface area contributed by atoms with Gasteiger partial charge in [-0.15, -0.1) is 0 Å². The van der Waals surface area contributed by atoms with Crippen LogP contribution in [0, 0.1) is 29.2 Å². The van der Waals surface area contributed by atoms with Crippen molar-refractivity contribution < 1.29 is 27.1 Å². The number of ether oxygens (including phenoxy) is 1. The van der Waals surface area contributed by atoms with Crippen molar-refractivity contribution in [1.82, 2.24) is 9.97 Å². The van der Waals surface area contributed by atoms with Crippen LogP contribution in [-0.4, -0.2) is 15.9 Å². The average Bonchev–Trinajstić information content (AvgIpc) is 2.72. The molecule has 1 atom stereocenters. The second-order valence-electron chi connectivity index (χ2n) is 8.70. The van der Waals surface area contributed by atoms with E-state index in [0.717, 1.165) is 11.6 Å². The Labute approximate surface area is 189 Å². The Morgan fingerprint density at radius 2 is 1.53 bits per heavy atom. The van der Waals surface area contributed by atoms with Gasteiger partial charge in [0.2, 0.25) is 0 Å². The monoisotopic (exact) mass is 472 g/mol. The van der Waals surface area contributed by atoms with E-state index in [9.17, 15) is 22.4 Å². The molecule has 1 aromatic heterocycles. The van der Waals surface area contributed by atoms with Crippen molar-refractivity contribution in [3.05, 3.63) is 69.8 Å². The van der Waals surface area contributed by atoms with Crippen molar-refractivity contribution >= 4 is 17.6 Å². The van der Waals surface area contributed by atoms with Gasteiger partial charge >= 0.3 is 5.97 Å². The fourth-order valence-electron chi connectivity index (χ4n) is 3.10. The topological polar surface area (TPSA) is 52.1 Å². The molecule has 0 amide bonds. The van der Waals surface area contributed by atoms with Crippen LogP contribution in [0.1, 0.15) is 63.1 Å². The fraction of sp³-hybridized carbons (Fsp3) is 0.435. The molecule has 9 heteroatoms. The lowest BCUT2D eigenvalue weighted by Gasteiger charge is -2.21. The molecule has 4 nitrogen and oxygen atoms in total. The number of aromatic nitrogens is 2. The summed E-state index contributed by atoms with van der Waals surface area (Å²) in [6, 6.07) is 0. The molecular formula is C23H25ClF4N2O2. The highest BCUT2D eigenvalue weighted by molar-refractivity contribution is 6.25. The second-order valence-corrected chi connectivity index (χ2v) is 8.95. The first kappa shape index (κ1) is 25.8. The lowest BCUT2D eigenvalue weighted by Crippen LogP contribution is -2.23. The van der Waals surface area contributed by atoms with Crippen LogP contribution >= 0.6 is 11.6 Å². The zero-order valence-corrected chi connectivity index (χ0v) is 19.2. The maximum atomic E-state index is 14.4. The molecule has 1 unspecified atom stereocenters. The molecule has 32 heavy (non-hydrogen) atoms. The van der Waals surface area contributed by atoms with Crippen LogP contribution in [0.15, 0.2) is 24.0 Å². The zero-order valence-electron chi connectivity index (χ0n) is 18.5. The van der Waals surface area contributed by atoms with E-state index in [0.29, 0.717) is 11.4 Å². The molecule has 1 heterocycles. The van der Waals surface area contributed by atoms with E-state index in [1.807, 2.05) is 20.8 Å².